The summed E-state index contributed by atoms with van der Waals surface area (Å²) in [4.78, 5) is 22.6. The van der Waals surface area contributed by atoms with Crippen molar-refractivity contribution >= 4 is 11.9 Å². The molecular weight excluding hydrogens is 274 g/mol. The fraction of sp³-hybridized carbons (Fsp3) is 0.643. The minimum absolute atomic E-state index is 0.189. The van der Waals surface area contributed by atoms with Crippen LogP contribution >= 0.6 is 0 Å². The second-order valence-corrected chi connectivity index (χ2v) is 5.37. The Morgan fingerprint density at radius 2 is 2.14 bits per heavy atom. The van der Waals surface area contributed by atoms with Crippen molar-refractivity contribution in [1.29, 1.82) is 0 Å². The molecule has 0 aliphatic heterocycles. The summed E-state index contributed by atoms with van der Waals surface area (Å²) in [6, 6.07) is 0. The van der Waals surface area contributed by atoms with Crippen LogP contribution in [0.3, 0.4) is 0 Å². The average Bonchev–Trinajstić information content (AvgIpc) is 3.19. The Morgan fingerprint density at radius 1 is 1.43 bits per heavy atom. The van der Waals surface area contributed by atoms with Crippen LogP contribution in [0.25, 0.3) is 0 Å². The fourth-order valence-corrected chi connectivity index (χ4v) is 2.45. The lowest BCUT2D eigenvalue weighted by Gasteiger charge is -2.06. The van der Waals surface area contributed by atoms with Crippen LogP contribution in [0.15, 0.2) is 0 Å². The zero-order valence-corrected chi connectivity index (χ0v) is 12.5. The first-order valence-corrected chi connectivity index (χ1v) is 6.98. The molecule has 1 aromatic rings. The van der Waals surface area contributed by atoms with Crippen molar-refractivity contribution in [3.8, 4) is 0 Å². The number of amides is 1. The molecule has 0 spiro atoms. The van der Waals surface area contributed by atoms with Crippen LogP contribution in [0, 0.1) is 25.7 Å². The molecule has 0 bridgehead atoms. The Balaban J connectivity index is 1.93. The maximum absolute atomic E-state index is 11.9. The Labute approximate surface area is 123 Å². The molecule has 1 amide bonds. The van der Waals surface area contributed by atoms with Gasteiger partial charge in [-0.2, -0.15) is 5.10 Å². The summed E-state index contributed by atoms with van der Waals surface area (Å²) in [5.41, 5.74) is 2.84. The third-order valence-corrected chi connectivity index (χ3v) is 3.92. The lowest BCUT2D eigenvalue weighted by Crippen LogP contribution is -2.26. The van der Waals surface area contributed by atoms with Gasteiger partial charge in [0.1, 0.15) is 0 Å². The molecule has 0 unspecified atom stereocenters. The largest absolute Gasteiger partial charge is 0.481 e. The summed E-state index contributed by atoms with van der Waals surface area (Å²) in [5, 5.41) is 16.1. The van der Waals surface area contributed by atoms with Gasteiger partial charge < -0.3 is 15.2 Å². The number of rotatable bonds is 7. The molecule has 1 aliphatic carbocycles. The molecule has 7 heteroatoms. The second-order valence-electron chi connectivity index (χ2n) is 5.37. The first-order valence-electron chi connectivity index (χ1n) is 6.98. The molecule has 7 nitrogen and oxygen atoms in total. The zero-order chi connectivity index (χ0) is 15.6. The van der Waals surface area contributed by atoms with E-state index in [2.05, 4.69) is 10.4 Å². The maximum atomic E-state index is 11.9. The fourth-order valence-electron chi connectivity index (χ4n) is 2.45. The summed E-state index contributed by atoms with van der Waals surface area (Å²) in [6.45, 7) is 5.48. The van der Waals surface area contributed by atoms with Crippen LogP contribution < -0.4 is 5.32 Å². The van der Waals surface area contributed by atoms with E-state index in [-0.39, 0.29) is 11.8 Å². The SMILES string of the molecule is COCCn1nc(C)c(CNC(=O)[C@H]2C[C@H]2C(=O)O)c1C. The molecule has 0 saturated heterocycles. The number of aromatic nitrogens is 2. The maximum Gasteiger partial charge on any atom is 0.307 e. The molecule has 21 heavy (non-hydrogen) atoms. The van der Waals surface area contributed by atoms with E-state index < -0.39 is 11.9 Å². The predicted molar refractivity (Wildman–Crippen MR) is 74.7 cm³/mol. The molecular formula is C14H21N3O4. The lowest BCUT2D eigenvalue weighted by atomic mass is 10.2. The third kappa shape index (κ3) is 3.41. The number of nitrogens with zero attached hydrogens (tertiary/aromatic N) is 2. The Bertz CT molecular complexity index is 553. The topological polar surface area (TPSA) is 93.5 Å². The predicted octanol–water partition coefficient (Wildman–Crippen LogP) is 0.483. The van der Waals surface area contributed by atoms with E-state index in [0.29, 0.717) is 26.1 Å². The van der Waals surface area contributed by atoms with Crippen LogP contribution in [-0.2, 0) is 27.4 Å². The number of nitrogens with one attached hydrogen (secondary N) is 1. The lowest BCUT2D eigenvalue weighted by molar-refractivity contribution is -0.140. The molecule has 1 saturated carbocycles. The summed E-state index contributed by atoms with van der Waals surface area (Å²) < 4.78 is 6.89. The number of aliphatic carboxylic acids is 1. The Morgan fingerprint density at radius 3 is 2.71 bits per heavy atom. The van der Waals surface area contributed by atoms with Gasteiger partial charge in [0.15, 0.2) is 0 Å². The molecule has 1 heterocycles. The van der Waals surface area contributed by atoms with Crippen LogP contribution in [0.4, 0.5) is 0 Å². The van der Waals surface area contributed by atoms with Gasteiger partial charge in [-0.05, 0) is 20.3 Å². The highest BCUT2D eigenvalue weighted by Crippen LogP contribution is 2.38. The molecule has 0 radical (unpaired) electrons. The van der Waals surface area contributed by atoms with Crippen LogP contribution in [0.5, 0.6) is 0 Å². The minimum Gasteiger partial charge on any atom is -0.481 e. The standard InChI is InChI=1S/C14H21N3O4/c1-8-12(9(2)17(16-8)4-5-21-3)7-15-13(18)10-6-11(10)14(19)20/h10-11H,4-7H2,1-3H3,(H,15,18)(H,19,20)/t10-,11+/m0/s1. The molecule has 2 atom stereocenters. The number of aryl methyl sites for hydroxylation is 1. The second kappa shape index (κ2) is 6.26. The molecule has 0 aromatic carbocycles. The summed E-state index contributed by atoms with van der Waals surface area (Å²) >= 11 is 0. The third-order valence-electron chi connectivity index (χ3n) is 3.92. The van der Waals surface area contributed by atoms with Gasteiger partial charge in [0.05, 0.1) is 30.7 Å². The summed E-state index contributed by atoms with van der Waals surface area (Å²) in [5.74, 6) is -1.98. The normalized spacial score (nSPS) is 20.3. The van der Waals surface area contributed by atoms with E-state index in [1.807, 2.05) is 18.5 Å². The number of hydrogen-bond donors (Lipinski definition) is 2. The van der Waals surface area contributed by atoms with Gasteiger partial charge in [-0.15, -0.1) is 0 Å². The van der Waals surface area contributed by atoms with Crippen molar-refractivity contribution in [3.63, 3.8) is 0 Å². The molecule has 1 fully saturated rings. The summed E-state index contributed by atoms with van der Waals surface area (Å²) in [6.07, 6.45) is 0.437. The number of methoxy groups -OCH3 is 1. The number of carbonyl (C=O) groups is 2. The van der Waals surface area contributed by atoms with Gasteiger partial charge in [0.2, 0.25) is 5.91 Å². The monoisotopic (exact) mass is 295 g/mol. The van der Waals surface area contributed by atoms with Crippen LogP contribution in [0.1, 0.15) is 23.4 Å². The highest BCUT2D eigenvalue weighted by molar-refractivity contribution is 5.89. The number of carbonyl (C=O) groups excluding carboxylic acids is 1. The Hall–Kier alpha value is -1.89. The van der Waals surface area contributed by atoms with Gasteiger partial charge >= 0.3 is 5.97 Å². The van der Waals surface area contributed by atoms with Gasteiger partial charge in [0, 0.05) is 24.9 Å². The van der Waals surface area contributed by atoms with Crippen molar-refractivity contribution in [2.75, 3.05) is 13.7 Å². The summed E-state index contributed by atoms with van der Waals surface area (Å²) in [7, 11) is 1.64. The smallest absolute Gasteiger partial charge is 0.307 e. The Kier molecular flexibility index (Phi) is 4.62. The van der Waals surface area contributed by atoms with Gasteiger partial charge in [-0.1, -0.05) is 0 Å². The zero-order valence-electron chi connectivity index (χ0n) is 12.5. The molecule has 1 aromatic heterocycles. The number of hydrogen-bond acceptors (Lipinski definition) is 4. The van der Waals surface area contributed by atoms with E-state index in [0.717, 1.165) is 17.0 Å². The van der Waals surface area contributed by atoms with Crippen molar-refractivity contribution in [2.24, 2.45) is 11.8 Å². The van der Waals surface area contributed by atoms with Gasteiger partial charge in [-0.25, -0.2) is 0 Å². The average molecular weight is 295 g/mol. The first kappa shape index (κ1) is 15.5. The highest BCUT2D eigenvalue weighted by atomic mass is 16.5. The van der Waals surface area contributed by atoms with E-state index in [1.165, 1.54) is 0 Å². The number of carboxylic acid groups (broad SMARTS) is 1. The van der Waals surface area contributed by atoms with Crippen molar-refractivity contribution in [2.45, 2.75) is 33.4 Å². The number of ether oxygens (including phenoxy) is 1. The molecule has 2 N–H and O–H groups in total. The molecule has 1 aliphatic rings. The minimum atomic E-state index is -0.894. The van der Waals surface area contributed by atoms with Crippen LogP contribution in [0.2, 0.25) is 0 Å². The van der Waals surface area contributed by atoms with Crippen molar-refractivity contribution in [3.05, 3.63) is 17.0 Å². The number of carboxylic acids is 1. The van der Waals surface area contributed by atoms with E-state index >= 15 is 0 Å². The van der Waals surface area contributed by atoms with Crippen LogP contribution in [-0.4, -0.2) is 40.5 Å². The van der Waals surface area contributed by atoms with E-state index in [1.54, 1.807) is 7.11 Å². The van der Waals surface area contributed by atoms with Gasteiger partial charge in [-0.3, -0.25) is 14.3 Å². The van der Waals surface area contributed by atoms with Crippen molar-refractivity contribution < 1.29 is 19.4 Å². The van der Waals surface area contributed by atoms with Gasteiger partial charge in [0.25, 0.3) is 0 Å². The molecule has 2 rings (SSSR count). The van der Waals surface area contributed by atoms with E-state index in [4.69, 9.17) is 9.84 Å². The van der Waals surface area contributed by atoms with E-state index in [9.17, 15) is 9.59 Å². The first-order chi connectivity index (χ1) is 9.95. The van der Waals surface area contributed by atoms with Crippen molar-refractivity contribution in [1.82, 2.24) is 15.1 Å². The molecule has 116 valence electrons. The quantitative estimate of drug-likeness (QED) is 0.763. The highest BCUT2D eigenvalue weighted by Gasteiger charge is 2.48.